The molecule has 1 aromatic heterocycles. The lowest BCUT2D eigenvalue weighted by Gasteiger charge is -2.36. The van der Waals surface area contributed by atoms with Crippen LogP contribution < -0.4 is 15.2 Å². The number of aromatic nitrogens is 2. The highest BCUT2D eigenvalue weighted by Gasteiger charge is 2.32. The average Bonchev–Trinajstić information content (AvgIpc) is 3.19. The number of halogens is 2. The Morgan fingerprint density at radius 2 is 1.71 bits per heavy atom. The van der Waals surface area contributed by atoms with E-state index in [1.807, 2.05) is 4.90 Å². The first-order valence-corrected chi connectivity index (χ1v) is 13.8. The number of benzene rings is 1. The van der Waals surface area contributed by atoms with Gasteiger partial charge in [-0.15, -0.1) is 0 Å². The van der Waals surface area contributed by atoms with Crippen molar-refractivity contribution in [3.8, 4) is 11.4 Å². The number of hydrogen-bond donors (Lipinski definition) is 0. The lowest BCUT2D eigenvalue weighted by molar-refractivity contribution is 0.201. The number of ether oxygens (including phenoxy) is 1. The smallest absolute Gasteiger partial charge is 0.316 e. The number of anilines is 1. The van der Waals surface area contributed by atoms with Crippen molar-refractivity contribution in [2.24, 2.45) is 5.92 Å². The van der Waals surface area contributed by atoms with E-state index in [2.05, 4.69) is 12.0 Å². The van der Waals surface area contributed by atoms with Gasteiger partial charge in [0.25, 0.3) is 0 Å². The van der Waals surface area contributed by atoms with Crippen LogP contribution in [0.15, 0.2) is 29.2 Å². The van der Waals surface area contributed by atoms with E-state index in [1.165, 1.54) is 8.99 Å². The van der Waals surface area contributed by atoms with Crippen LogP contribution in [0.4, 0.5) is 5.69 Å². The van der Waals surface area contributed by atoms with Crippen molar-refractivity contribution in [2.45, 2.75) is 51.4 Å². The molecule has 1 saturated heterocycles. The normalized spacial score (nSPS) is 21.9. The van der Waals surface area contributed by atoms with E-state index in [9.17, 15) is 13.2 Å². The maximum Gasteiger partial charge on any atom is 0.316 e. The fourth-order valence-corrected chi connectivity index (χ4v) is 6.30. The number of rotatable bonds is 6. The van der Waals surface area contributed by atoms with Gasteiger partial charge in [-0.1, -0.05) is 30.1 Å². The Kier molecular flexibility index (Phi) is 7.47. The van der Waals surface area contributed by atoms with Gasteiger partial charge in [0, 0.05) is 36.2 Å². The van der Waals surface area contributed by atoms with E-state index in [1.54, 1.807) is 38.2 Å². The molecule has 1 aliphatic carbocycles. The van der Waals surface area contributed by atoms with Crippen LogP contribution in [0.2, 0.25) is 10.0 Å². The highest BCUT2D eigenvalue weighted by Crippen LogP contribution is 2.33. The maximum absolute atomic E-state index is 13.6. The predicted octanol–water partition coefficient (Wildman–Crippen LogP) is 3.97. The Hall–Kier alpha value is -1.81. The standard InChI is InChI=1S/C23H30Cl2N4O4S/c1-15(2)34(31,32)28-8-6-27(7-9-28)21-14-26-29(19-12-17(24)11-18(25)13-19)23(30)22(21)33-20-5-4-16(3)10-20/h11-16,20H,4-10H2,1-3H3. The Bertz CT molecular complexity index is 1190. The number of nitrogens with zero attached hydrogens (tertiary/aromatic N) is 4. The highest BCUT2D eigenvalue weighted by molar-refractivity contribution is 7.89. The summed E-state index contributed by atoms with van der Waals surface area (Å²) >= 11 is 12.3. The average molecular weight is 529 g/mol. The van der Waals surface area contributed by atoms with E-state index in [0.717, 1.165) is 19.3 Å². The van der Waals surface area contributed by atoms with Crippen LogP contribution in [0.25, 0.3) is 5.69 Å². The second-order valence-electron chi connectivity index (χ2n) is 9.34. The molecule has 0 N–H and O–H groups in total. The summed E-state index contributed by atoms with van der Waals surface area (Å²) in [5.41, 5.74) is 0.634. The predicted molar refractivity (Wildman–Crippen MR) is 135 cm³/mol. The van der Waals surface area contributed by atoms with Gasteiger partial charge in [-0.2, -0.15) is 14.1 Å². The van der Waals surface area contributed by atoms with E-state index in [0.29, 0.717) is 53.5 Å². The maximum atomic E-state index is 13.6. The van der Waals surface area contributed by atoms with Crippen molar-refractivity contribution in [3.63, 3.8) is 0 Å². The third-order valence-electron chi connectivity index (χ3n) is 6.47. The van der Waals surface area contributed by atoms with Crippen LogP contribution >= 0.6 is 23.2 Å². The molecular formula is C23H30Cl2N4O4S. The van der Waals surface area contributed by atoms with Gasteiger partial charge in [-0.25, -0.2) is 8.42 Å². The molecule has 2 fully saturated rings. The van der Waals surface area contributed by atoms with Gasteiger partial charge in [0.2, 0.25) is 15.8 Å². The van der Waals surface area contributed by atoms with Gasteiger partial charge in [-0.05, 0) is 57.2 Å². The second-order valence-corrected chi connectivity index (χ2v) is 12.7. The molecule has 11 heteroatoms. The van der Waals surface area contributed by atoms with Crippen molar-refractivity contribution >= 4 is 38.9 Å². The molecule has 2 aliphatic rings. The molecule has 186 valence electrons. The van der Waals surface area contributed by atoms with Crippen LogP contribution in [-0.2, 0) is 10.0 Å². The Balaban J connectivity index is 1.68. The summed E-state index contributed by atoms with van der Waals surface area (Å²) in [5, 5.41) is 4.71. The van der Waals surface area contributed by atoms with Gasteiger partial charge in [0.1, 0.15) is 5.69 Å². The summed E-state index contributed by atoms with van der Waals surface area (Å²) in [6, 6.07) is 4.84. The Morgan fingerprint density at radius 1 is 1.06 bits per heavy atom. The van der Waals surface area contributed by atoms with Crippen molar-refractivity contribution in [2.75, 3.05) is 31.1 Å². The molecule has 2 heterocycles. The largest absolute Gasteiger partial charge is 0.483 e. The molecule has 2 aromatic rings. The highest BCUT2D eigenvalue weighted by atomic mass is 35.5. The van der Waals surface area contributed by atoms with E-state index in [-0.39, 0.29) is 11.9 Å². The molecule has 0 amide bonds. The molecule has 0 spiro atoms. The molecule has 1 aliphatic heterocycles. The van der Waals surface area contributed by atoms with E-state index < -0.39 is 20.8 Å². The first kappa shape index (κ1) is 25.3. The summed E-state index contributed by atoms with van der Waals surface area (Å²) < 4.78 is 34.2. The van der Waals surface area contributed by atoms with Gasteiger partial charge in [-0.3, -0.25) is 4.79 Å². The van der Waals surface area contributed by atoms with Crippen LogP contribution in [0.1, 0.15) is 40.0 Å². The molecule has 4 rings (SSSR count). The first-order chi connectivity index (χ1) is 16.1. The molecular weight excluding hydrogens is 499 g/mol. The fourth-order valence-electron chi connectivity index (χ4n) is 4.52. The summed E-state index contributed by atoms with van der Waals surface area (Å²) in [6.07, 6.45) is 4.37. The Morgan fingerprint density at radius 3 is 2.26 bits per heavy atom. The molecule has 0 radical (unpaired) electrons. The zero-order chi connectivity index (χ0) is 24.6. The molecule has 0 bridgehead atoms. The first-order valence-electron chi connectivity index (χ1n) is 11.6. The number of piperazine rings is 1. The molecule has 34 heavy (non-hydrogen) atoms. The summed E-state index contributed by atoms with van der Waals surface area (Å²) in [6.45, 7) is 7.11. The van der Waals surface area contributed by atoms with Crippen LogP contribution in [-0.4, -0.2) is 60.0 Å². The fraction of sp³-hybridized carbons (Fsp3) is 0.565. The summed E-state index contributed by atoms with van der Waals surface area (Å²) in [7, 11) is -3.33. The van der Waals surface area contributed by atoms with Crippen LogP contribution in [0.3, 0.4) is 0 Å². The van der Waals surface area contributed by atoms with Gasteiger partial charge in [0.05, 0.1) is 23.2 Å². The van der Waals surface area contributed by atoms with Crippen molar-refractivity contribution in [1.29, 1.82) is 0 Å². The second kappa shape index (κ2) is 10.0. The molecule has 2 unspecified atom stereocenters. The topological polar surface area (TPSA) is 84.7 Å². The SMILES string of the molecule is CC1CCC(Oc2c(N3CCN(S(=O)(=O)C(C)C)CC3)cnn(-c3cc(Cl)cc(Cl)c3)c2=O)C1. The minimum absolute atomic E-state index is 0.0529. The molecule has 8 nitrogen and oxygen atoms in total. The third kappa shape index (κ3) is 5.22. The van der Waals surface area contributed by atoms with Gasteiger partial charge < -0.3 is 9.64 Å². The quantitative estimate of drug-likeness (QED) is 0.563. The molecule has 1 aromatic carbocycles. The van der Waals surface area contributed by atoms with Crippen molar-refractivity contribution in [1.82, 2.24) is 14.1 Å². The van der Waals surface area contributed by atoms with E-state index >= 15 is 0 Å². The zero-order valence-corrected chi connectivity index (χ0v) is 21.9. The number of sulfonamides is 1. The molecule has 1 saturated carbocycles. The lowest BCUT2D eigenvalue weighted by atomic mass is 10.1. The van der Waals surface area contributed by atoms with E-state index in [4.69, 9.17) is 27.9 Å². The monoisotopic (exact) mass is 528 g/mol. The molecule has 2 atom stereocenters. The van der Waals surface area contributed by atoms with Gasteiger partial charge in [0.15, 0.2) is 0 Å². The Labute approximate surface area is 210 Å². The minimum Gasteiger partial charge on any atom is -0.483 e. The lowest BCUT2D eigenvalue weighted by Crippen LogP contribution is -2.50. The van der Waals surface area contributed by atoms with Crippen LogP contribution in [0.5, 0.6) is 5.75 Å². The summed E-state index contributed by atoms with van der Waals surface area (Å²) in [4.78, 5) is 15.6. The summed E-state index contributed by atoms with van der Waals surface area (Å²) in [5.74, 6) is 0.763. The minimum atomic E-state index is -3.33. The van der Waals surface area contributed by atoms with Crippen molar-refractivity contribution in [3.05, 3.63) is 44.8 Å². The number of hydrogen-bond acceptors (Lipinski definition) is 6. The zero-order valence-electron chi connectivity index (χ0n) is 19.6. The third-order valence-corrected chi connectivity index (χ3v) is 9.19. The van der Waals surface area contributed by atoms with Crippen LogP contribution in [0, 0.1) is 5.92 Å². The van der Waals surface area contributed by atoms with Gasteiger partial charge >= 0.3 is 5.56 Å². The van der Waals surface area contributed by atoms with Crippen molar-refractivity contribution < 1.29 is 13.2 Å².